The van der Waals surface area contributed by atoms with Gasteiger partial charge in [0.05, 0.1) is 0 Å². The molecule has 1 aliphatic carbocycles. The number of carbonyl (C=O) groups is 1. The third-order valence-corrected chi connectivity index (χ3v) is 4.58. The highest BCUT2D eigenvalue weighted by molar-refractivity contribution is 5.82. The molecule has 0 aromatic heterocycles. The lowest BCUT2D eigenvalue weighted by Gasteiger charge is -2.08. The van der Waals surface area contributed by atoms with Crippen LogP contribution in [0.2, 0.25) is 0 Å². The number of nitrogens with one attached hydrogen (secondary N) is 1. The molecule has 0 spiro atoms. The lowest BCUT2D eigenvalue weighted by molar-refractivity contribution is -0.122. The van der Waals surface area contributed by atoms with Gasteiger partial charge in [-0.05, 0) is 48.9 Å². The summed E-state index contributed by atoms with van der Waals surface area (Å²) in [6, 6.07) is 18.3. The van der Waals surface area contributed by atoms with Crippen molar-refractivity contribution in [3.63, 3.8) is 0 Å². The van der Waals surface area contributed by atoms with Crippen LogP contribution in [0, 0.1) is 5.92 Å². The minimum atomic E-state index is 0.101. The maximum atomic E-state index is 12.1. The van der Waals surface area contributed by atoms with Gasteiger partial charge in [-0.2, -0.15) is 0 Å². The molecular weight excluding hydrogens is 312 g/mol. The number of hydrogen-bond donors (Lipinski definition) is 2. The van der Waals surface area contributed by atoms with E-state index in [4.69, 9.17) is 10.5 Å². The predicted octanol–water partition coefficient (Wildman–Crippen LogP) is 3.22. The van der Waals surface area contributed by atoms with Gasteiger partial charge in [0.15, 0.2) is 0 Å². The van der Waals surface area contributed by atoms with Gasteiger partial charge in [-0.25, -0.2) is 0 Å². The van der Waals surface area contributed by atoms with E-state index < -0.39 is 0 Å². The highest BCUT2D eigenvalue weighted by Gasteiger charge is 2.43. The summed E-state index contributed by atoms with van der Waals surface area (Å²) in [5.41, 5.74) is 8.06. The zero-order valence-corrected chi connectivity index (χ0v) is 14.7. The van der Waals surface area contributed by atoms with Crippen LogP contribution in [-0.2, 0) is 11.4 Å². The molecule has 1 aliphatic rings. The highest BCUT2D eigenvalue weighted by Crippen LogP contribution is 2.47. The molecule has 3 N–H and O–H groups in total. The molecule has 2 aromatic carbocycles. The fourth-order valence-corrected chi connectivity index (χ4v) is 2.96. The van der Waals surface area contributed by atoms with Crippen LogP contribution in [0.15, 0.2) is 54.6 Å². The molecule has 25 heavy (non-hydrogen) atoms. The molecule has 3 atom stereocenters. The molecule has 0 saturated heterocycles. The van der Waals surface area contributed by atoms with Crippen LogP contribution >= 0.6 is 0 Å². The Labute approximate surface area is 149 Å². The molecule has 0 aliphatic heterocycles. The molecule has 2 aromatic rings. The van der Waals surface area contributed by atoms with Crippen LogP contribution in [0.4, 0.5) is 0 Å². The molecule has 3 unspecified atom stereocenters. The third-order valence-electron chi connectivity index (χ3n) is 4.58. The molecule has 4 heteroatoms. The number of benzene rings is 2. The van der Waals surface area contributed by atoms with E-state index in [2.05, 4.69) is 17.4 Å². The van der Waals surface area contributed by atoms with Crippen molar-refractivity contribution in [3.05, 3.63) is 65.7 Å². The Morgan fingerprint density at radius 3 is 2.60 bits per heavy atom. The molecular formula is C21H26N2O2. The SMILES string of the molecule is CC(N)CCNC(=O)C1CC1c1ccc(OCc2ccccc2)cc1. The second-order valence-electron chi connectivity index (χ2n) is 6.85. The third kappa shape index (κ3) is 5.07. The van der Waals surface area contributed by atoms with Gasteiger partial charge >= 0.3 is 0 Å². The van der Waals surface area contributed by atoms with Gasteiger partial charge in [-0.15, -0.1) is 0 Å². The maximum Gasteiger partial charge on any atom is 0.223 e. The standard InChI is InChI=1S/C21H26N2O2/c1-15(22)11-12-23-21(24)20-13-19(20)17-7-9-18(10-8-17)25-14-16-5-3-2-4-6-16/h2-10,15,19-20H,11-14,22H2,1H3,(H,23,24). The van der Waals surface area contributed by atoms with Crippen LogP contribution in [0.25, 0.3) is 0 Å². The van der Waals surface area contributed by atoms with Crippen LogP contribution < -0.4 is 15.8 Å². The smallest absolute Gasteiger partial charge is 0.223 e. The Hall–Kier alpha value is -2.33. The average Bonchev–Trinajstić information content (AvgIpc) is 3.42. The molecule has 1 fully saturated rings. The summed E-state index contributed by atoms with van der Waals surface area (Å²) < 4.78 is 5.81. The Kier molecular flexibility index (Phi) is 5.71. The summed E-state index contributed by atoms with van der Waals surface area (Å²) in [5, 5.41) is 2.98. The van der Waals surface area contributed by atoms with Crippen LogP contribution in [0.3, 0.4) is 0 Å². The maximum absolute atomic E-state index is 12.1. The zero-order valence-electron chi connectivity index (χ0n) is 14.7. The molecule has 132 valence electrons. The molecule has 0 bridgehead atoms. The largest absolute Gasteiger partial charge is 0.489 e. The van der Waals surface area contributed by atoms with E-state index in [1.165, 1.54) is 5.56 Å². The van der Waals surface area contributed by atoms with Gasteiger partial charge in [0.25, 0.3) is 0 Å². The van der Waals surface area contributed by atoms with Crippen molar-refractivity contribution in [2.75, 3.05) is 6.54 Å². The van der Waals surface area contributed by atoms with Crippen LogP contribution in [0.1, 0.15) is 36.8 Å². The predicted molar refractivity (Wildman–Crippen MR) is 99.3 cm³/mol. The second kappa shape index (κ2) is 8.17. The molecule has 1 saturated carbocycles. The number of amides is 1. The van der Waals surface area contributed by atoms with Gasteiger partial charge in [0, 0.05) is 18.5 Å². The van der Waals surface area contributed by atoms with Crippen LogP contribution in [-0.4, -0.2) is 18.5 Å². The number of carbonyl (C=O) groups excluding carboxylic acids is 1. The van der Waals surface area contributed by atoms with E-state index in [9.17, 15) is 4.79 Å². The van der Waals surface area contributed by atoms with Crippen molar-refractivity contribution in [3.8, 4) is 5.75 Å². The first-order valence-corrected chi connectivity index (χ1v) is 8.93. The quantitative estimate of drug-likeness (QED) is 0.777. The van der Waals surface area contributed by atoms with E-state index in [-0.39, 0.29) is 17.9 Å². The molecule has 0 heterocycles. The summed E-state index contributed by atoms with van der Waals surface area (Å²) in [6.07, 6.45) is 1.74. The van der Waals surface area contributed by atoms with Gasteiger partial charge in [-0.3, -0.25) is 4.79 Å². The number of hydrogen-bond acceptors (Lipinski definition) is 3. The normalized spacial score (nSPS) is 19.9. The summed E-state index contributed by atoms with van der Waals surface area (Å²) in [6.45, 7) is 3.17. The van der Waals surface area contributed by atoms with Gasteiger partial charge in [0.2, 0.25) is 5.91 Å². The summed E-state index contributed by atoms with van der Waals surface area (Å²) in [7, 11) is 0. The fraction of sp³-hybridized carbons (Fsp3) is 0.381. The summed E-state index contributed by atoms with van der Waals surface area (Å²) in [5.74, 6) is 1.43. The van der Waals surface area contributed by atoms with E-state index in [1.54, 1.807) is 0 Å². The zero-order chi connectivity index (χ0) is 17.6. The van der Waals surface area contributed by atoms with Crippen molar-refractivity contribution in [2.24, 2.45) is 11.7 Å². The van der Waals surface area contributed by atoms with Crippen molar-refractivity contribution in [1.82, 2.24) is 5.32 Å². The Morgan fingerprint density at radius 2 is 1.92 bits per heavy atom. The second-order valence-corrected chi connectivity index (χ2v) is 6.85. The fourth-order valence-electron chi connectivity index (χ4n) is 2.96. The lowest BCUT2D eigenvalue weighted by Crippen LogP contribution is -2.30. The molecule has 3 rings (SSSR count). The summed E-state index contributed by atoms with van der Waals surface area (Å²) >= 11 is 0. The van der Waals surface area contributed by atoms with E-state index in [0.717, 1.165) is 24.2 Å². The van der Waals surface area contributed by atoms with Crippen molar-refractivity contribution in [2.45, 2.75) is 38.3 Å². The molecule has 1 amide bonds. The average molecular weight is 338 g/mol. The number of rotatable bonds is 8. The Balaban J connectivity index is 1.46. The Morgan fingerprint density at radius 1 is 1.20 bits per heavy atom. The van der Waals surface area contributed by atoms with Gasteiger partial charge in [0.1, 0.15) is 12.4 Å². The minimum Gasteiger partial charge on any atom is -0.489 e. The van der Waals surface area contributed by atoms with Gasteiger partial charge in [-0.1, -0.05) is 42.5 Å². The first kappa shape index (κ1) is 17.5. The number of ether oxygens (including phenoxy) is 1. The van der Waals surface area contributed by atoms with Crippen molar-refractivity contribution >= 4 is 5.91 Å². The molecule has 4 nitrogen and oxygen atoms in total. The molecule has 0 radical (unpaired) electrons. The van der Waals surface area contributed by atoms with E-state index >= 15 is 0 Å². The topological polar surface area (TPSA) is 64.3 Å². The van der Waals surface area contributed by atoms with Crippen LogP contribution in [0.5, 0.6) is 5.75 Å². The van der Waals surface area contributed by atoms with Crippen molar-refractivity contribution < 1.29 is 9.53 Å². The highest BCUT2D eigenvalue weighted by atomic mass is 16.5. The van der Waals surface area contributed by atoms with Gasteiger partial charge < -0.3 is 15.8 Å². The summed E-state index contributed by atoms with van der Waals surface area (Å²) in [4.78, 5) is 12.1. The first-order chi connectivity index (χ1) is 12.1. The van der Waals surface area contributed by atoms with E-state index in [1.807, 2.05) is 49.4 Å². The lowest BCUT2D eigenvalue weighted by atomic mass is 10.1. The first-order valence-electron chi connectivity index (χ1n) is 8.93. The number of nitrogens with two attached hydrogens (primary N) is 1. The minimum absolute atomic E-state index is 0.101. The van der Waals surface area contributed by atoms with E-state index in [0.29, 0.717) is 19.1 Å². The van der Waals surface area contributed by atoms with Crippen molar-refractivity contribution in [1.29, 1.82) is 0 Å². The monoisotopic (exact) mass is 338 g/mol. The Bertz CT molecular complexity index is 683.